The first kappa shape index (κ1) is 16.3. The number of imidazole rings is 1. The molecule has 0 aliphatic rings. The van der Waals surface area contributed by atoms with Crippen LogP contribution in [0.15, 0.2) is 61.1 Å². The molecule has 0 aliphatic carbocycles. The van der Waals surface area contributed by atoms with Gasteiger partial charge in [-0.3, -0.25) is 0 Å². The number of hydrogen-bond acceptors (Lipinski definition) is 2. The molecule has 0 amide bonds. The second-order valence-corrected chi connectivity index (χ2v) is 6.06. The highest BCUT2D eigenvalue weighted by molar-refractivity contribution is 5.69. The molecule has 0 spiro atoms. The number of rotatable bonds is 7. The standard InChI is InChI=1S/C21H25N3/c1-3-12-24(15-20-14-22-16-23-20)21-11-10-19(13-17(21)4-2)18-8-6-5-7-9-18/h5-11,13-14,16H,3-4,12,15H2,1-2H3,(H,22,23). The molecule has 0 atom stereocenters. The minimum Gasteiger partial charge on any atom is -0.365 e. The van der Waals surface area contributed by atoms with E-state index in [2.05, 4.69) is 77.2 Å². The Kier molecular flexibility index (Phi) is 5.32. The van der Waals surface area contributed by atoms with Crippen molar-refractivity contribution in [2.75, 3.05) is 11.4 Å². The lowest BCUT2D eigenvalue weighted by Crippen LogP contribution is -2.24. The number of benzene rings is 2. The van der Waals surface area contributed by atoms with E-state index in [9.17, 15) is 0 Å². The van der Waals surface area contributed by atoms with Gasteiger partial charge < -0.3 is 9.88 Å². The summed E-state index contributed by atoms with van der Waals surface area (Å²) in [6, 6.07) is 17.4. The second-order valence-electron chi connectivity index (χ2n) is 6.06. The van der Waals surface area contributed by atoms with E-state index in [0.717, 1.165) is 31.6 Å². The molecule has 124 valence electrons. The molecule has 2 aromatic carbocycles. The Morgan fingerprint density at radius 2 is 1.83 bits per heavy atom. The van der Waals surface area contributed by atoms with Gasteiger partial charge in [0.1, 0.15) is 0 Å². The molecule has 1 aromatic heterocycles. The van der Waals surface area contributed by atoms with E-state index < -0.39 is 0 Å². The minimum absolute atomic E-state index is 0.867. The first-order valence-electron chi connectivity index (χ1n) is 8.72. The third-order valence-electron chi connectivity index (χ3n) is 4.32. The highest BCUT2D eigenvalue weighted by Crippen LogP contribution is 2.29. The van der Waals surface area contributed by atoms with Gasteiger partial charge in [0.2, 0.25) is 0 Å². The fraction of sp³-hybridized carbons (Fsp3) is 0.286. The Balaban J connectivity index is 1.93. The maximum atomic E-state index is 4.14. The van der Waals surface area contributed by atoms with Crippen LogP contribution in [0.3, 0.4) is 0 Å². The van der Waals surface area contributed by atoms with Crippen LogP contribution in [0.25, 0.3) is 11.1 Å². The van der Waals surface area contributed by atoms with Gasteiger partial charge in [0.05, 0.1) is 18.6 Å². The molecule has 0 aliphatic heterocycles. The zero-order valence-electron chi connectivity index (χ0n) is 14.5. The number of nitrogens with one attached hydrogen (secondary N) is 1. The average Bonchev–Trinajstić information content (AvgIpc) is 3.15. The van der Waals surface area contributed by atoms with Crippen molar-refractivity contribution in [3.05, 3.63) is 72.3 Å². The molecule has 24 heavy (non-hydrogen) atoms. The van der Waals surface area contributed by atoms with Gasteiger partial charge in [-0.1, -0.05) is 50.2 Å². The molecular weight excluding hydrogens is 294 g/mol. The van der Waals surface area contributed by atoms with Crippen LogP contribution in [0.4, 0.5) is 5.69 Å². The molecule has 3 nitrogen and oxygen atoms in total. The van der Waals surface area contributed by atoms with Crippen LogP contribution in [0, 0.1) is 0 Å². The Morgan fingerprint density at radius 3 is 2.50 bits per heavy atom. The Bertz CT molecular complexity index is 748. The summed E-state index contributed by atoms with van der Waals surface area (Å²) in [6.45, 7) is 6.36. The first-order chi connectivity index (χ1) is 11.8. The molecule has 1 N–H and O–H groups in total. The smallest absolute Gasteiger partial charge is 0.0922 e. The molecule has 0 saturated heterocycles. The lowest BCUT2D eigenvalue weighted by atomic mass is 10.00. The van der Waals surface area contributed by atoms with Crippen molar-refractivity contribution in [2.45, 2.75) is 33.2 Å². The zero-order chi connectivity index (χ0) is 16.8. The second kappa shape index (κ2) is 7.82. The molecule has 0 unspecified atom stereocenters. The van der Waals surface area contributed by atoms with Crippen molar-refractivity contribution in [3.8, 4) is 11.1 Å². The Labute approximate surface area is 144 Å². The molecule has 0 saturated carbocycles. The summed E-state index contributed by atoms with van der Waals surface area (Å²) in [5, 5.41) is 0. The Hall–Kier alpha value is -2.55. The number of hydrogen-bond donors (Lipinski definition) is 1. The summed E-state index contributed by atoms with van der Waals surface area (Å²) in [5.41, 5.74) is 6.43. The minimum atomic E-state index is 0.867. The van der Waals surface area contributed by atoms with Crippen molar-refractivity contribution in [1.82, 2.24) is 9.97 Å². The first-order valence-corrected chi connectivity index (χ1v) is 8.72. The molecule has 0 fully saturated rings. The van der Waals surface area contributed by atoms with E-state index in [-0.39, 0.29) is 0 Å². The molecule has 3 heteroatoms. The van der Waals surface area contributed by atoms with E-state index in [1.54, 1.807) is 6.33 Å². The van der Waals surface area contributed by atoms with Crippen molar-refractivity contribution in [2.24, 2.45) is 0 Å². The van der Waals surface area contributed by atoms with Gasteiger partial charge in [0, 0.05) is 18.4 Å². The summed E-state index contributed by atoms with van der Waals surface area (Å²) in [6.07, 6.45) is 5.81. The highest BCUT2D eigenvalue weighted by atomic mass is 15.1. The van der Waals surface area contributed by atoms with Gasteiger partial charge in [-0.15, -0.1) is 0 Å². The van der Waals surface area contributed by atoms with E-state index in [1.165, 1.54) is 22.4 Å². The van der Waals surface area contributed by atoms with Crippen LogP contribution in [0.5, 0.6) is 0 Å². The molecular formula is C21H25N3. The average molecular weight is 319 g/mol. The van der Waals surface area contributed by atoms with Crippen LogP contribution in [-0.4, -0.2) is 16.5 Å². The van der Waals surface area contributed by atoms with Crippen LogP contribution < -0.4 is 4.90 Å². The fourth-order valence-electron chi connectivity index (χ4n) is 3.12. The van der Waals surface area contributed by atoms with Crippen LogP contribution in [0.1, 0.15) is 31.5 Å². The molecule has 0 radical (unpaired) electrons. The lowest BCUT2D eigenvalue weighted by molar-refractivity contribution is 0.752. The SMILES string of the molecule is CCCN(Cc1cnc[nH]1)c1ccc(-c2ccccc2)cc1CC. The monoisotopic (exact) mass is 319 g/mol. The predicted octanol–water partition coefficient (Wildman–Crippen LogP) is 5.06. The van der Waals surface area contributed by atoms with Crippen molar-refractivity contribution >= 4 is 5.69 Å². The summed E-state index contributed by atoms with van der Waals surface area (Å²) in [7, 11) is 0. The third kappa shape index (κ3) is 3.67. The maximum absolute atomic E-state index is 4.14. The summed E-state index contributed by atoms with van der Waals surface area (Å²) >= 11 is 0. The normalized spacial score (nSPS) is 10.8. The number of H-pyrrole nitrogens is 1. The van der Waals surface area contributed by atoms with Crippen molar-refractivity contribution in [1.29, 1.82) is 0 Å². The van der Waals surface area contributed by atoms with Gasteiger partial charge in [-0.05, 0) is 41.7 Å². The Morgan fingerprint density at radius 1 is 1.00 bits per heavy atom. The quantitative estimate of drug-likeness (QED) is 0.660. The number of aromatic nitrogens is 2. The van der Waals surface area contributed by atoms with E-state index in [4.69, 9.17) is 0 Å². The van der Waals surface area contributed by atoms with Gasteiger partial charge in [-0.2, -0.15) is 0 Å². The lowest BCUT2D eigenvalue weighted by Gasteiger charge is -2.26. The maximum Gasteiger partial charge on any atom is 0.0922 e. The summed E-state index contributed by atoms with van der Waals surface area (Å²) in [5.74, 6) is 0. The number of nitrogens with zero attached hydrogens (tertiary/aromatic N) is 2. The number of aromatic amines is 1. The van der Waals surface area contributed by atoms with Crippen LogP contribution in [-0.2, 0) is 13.0 Å². The topological polar surface area (TPSA) is 31.9 Å². The molecule has 3 aromatic rings. The van der Waals surface area contributed by atoms with E-state index >= 15 is 0 Å². The molecule has 1 heterocycles. The summed E-state index contributed by atoms with van der Waals surface area (Å²) < 4.78 is 0. The zero-order valence-corrected chi connectivity index (χ0v) is 14.5. The fourth-order valence-corrected chi connectivity index (χ4v) is 3.12. The number of aryl methyl sites for hydroxylation is 1. The largest absolute Gasteiger partial charge is 0.365 e. The van der Waals surface area contributed by atoms with Gasteiger partial charge in [0.15, 0.2) is 0 Å². The predicted molar refractivity (Wildman–Crippen MR) is 101 cm³/mol. The van der Waals surface area contributed by atoms with E-state index in [1.807, 2.05) is 6.20 Å². The van der Waals surface area contributed by atoms with Crippen LogP contribution in [0.2, 0.25) is 0 Å². The van der Waals surface area contributed by atoms with Crippen molar-refractivity contribution < 1.29 is 0 Å². The van der Waals surface area contributed by atoms with E-state index in [0.29, 0.717) is 0 Å². The van der Waals surface area contributed by atoms with Crippen molar-refractivity contribution in [3.63, 3.8) is 0 Å². The third-order valence-corrected chi connectivity index (χ3v) is 4.32. The van der Waals surface area contributed by atoms with Gasteiger partial charge in [0.25, 0.3) is 0 Å². The highest BCUT2D eigenvalue weighted by Gasteiger charge is 2.12. The molecule has 0 bridgehead atoms. The number of anilines is 1. The van der Waals surface area contributed by atoms with Crippen LogP contribution >= 0.6 is 0 Å². The summed E-state index contributed by atoms with van der Waals surface area (Å²) in [4.78, 5) is 9.81. The van der Waals surface area contributed by atoms with Gasteiger partial charge in [-0.25, -0.2) is 4.98 Å². The van der Waals surface area contributed by atoms with Gasteiger partial charge >= 0.3 is 0 Å². The molecule has 3 rings (SSSR count).